The summed E-state index contributed by atoms with van der Waals surface area (Å²) in [7, 11) is -3.75. The molecule has 0 amide bonds. The Bertz CT molecular complexity index is 1020. The van der Waals surface area contributed by atoms with Crippen LogP contribution in [0.25, 0.3) is 0 Å². The van der Waals surface area contributed by atoms with Crippen LogP contribution in [0.3, 0.4) is 0 Å². The van der Waals surface area contributed by atoms with E-state index in [0.717, 1.165) is 50.5 Å². The van der Waals surface area contributed by atoms with Crippen molar-refractivity contribution in [2.24, 2.45) is 28.6 Å². The Hall–Kier alpha value is -1.46. The number of benzene rings is 1. The molecule has 0 bridgehead atoms. The Morgan fingerprint density at radius 3 is 2.39 bits per heavy atom. The number of rotatable bonds is 3. The smallest absolute Gasteiger partial charge is 0.297 e. The van der Waals surface area contributed by atoms with Gasteiger partial charge in [-0.05, 0) is 87.2 Å². The summed E-state index contributed by atoms with van der Waals surface area (Å²) in [5.74, 6) is 2.19. The molecule has 4 aliphatic carbocycles. The van der Waals surface area contributed by atoms with E-state index < -0.39 is 10.1 Å². The first-order chi connectivity index (χ1) is 14.6. The molecular weight excluding hydrogens is 408 g/mol. The van der Waals surface area contributed by atoms with Crippen LogP contribution in [0.4, 0.5) is 0 Å². The van der Waals surface area contributed by atoms with Crippen LogP contribution < -0.4 is 0 Å². The molecule has 6 unspecified atom stereocenters. The maximum absolute atomic E-state index is 12.8. The molecule has 3 fully saturated rings. The summed E-state index contributed by atoms with van der Waals surface area (Å²) in [6.07, 6.45) is 9.49. The maximum atomic E-state index is 12.8. The fourth-order valence-electron chi connectivity index (χ4n) is 7.42. The van der Waals surface area contributed by atoms with E-state index in [0.29, 0.717) is 30.0 Å². The SMILES string of the molecule is Cc1ccc(S(=O)(=O)OC2CCC3(C)C(=CCC4C5CCC(=O)C5(C)CCC43)C2)cc1. The van der Waals surface area contributed by atoms with Gasteiger partial charge < -0.3 is 0 Å². The van der Waals surface area contributed by atoms with E-state index in [1.165, 1.54) is 5.57 Å². The fraction of sp³-hybridized carbons (Fsp3) is 0.654. The monoisotopic (exact) mass is 442 g/mol. The zero-order chi connectivity index (χ0) is 22.0. The zero-order valence-electron chi connectivity index (χ0n) is 18.9. The number of Topliss-reactive ketones (excluding diaryl/α,β-unsaturated/α-hetero) is 1. The summed E-state index contributed by atoms with van der Waals surface area (Å²) < 4.78 is 31.3. The van der Waals surface area contributed by atoms with Crippen molar-refractivity contribution in [3.8, 4) is 0 Å². The predicted molar refractivity (Wildman–Crippen MR) is 120 cm³/mol. The molecule has 0 saturated heterocycles. The van der Waals surface area contributed by atoms with Crippen LogP contribution in [-0.2, 0) is 19.1 Å². The van der Waals surface area contributed by atoms with Gasteiger partial charge in [0.25, 0.3) is 10.1 Å². The Balaban J connectivity index is 1.34. The average Bonchev–Trinajstić information content (AvgIpc) is 3.03. The van der Waals surface area contributed by atoms with Gasteiger partial charge in [0, 0.05) is 11.8 Å². The third-order valence-corrected chi connectivity index (χ3v) is 10.7. The van der Waals surface area contributed by atoms with Crippen LogP contribution >= 0.6 is 0 Å². The van der Waals surface area contributed by atoms with Gasteiger partial charge in [-0.25, -0.2) is 0 Å². The molecule has 0 heterocycles. The van der Waals surface area contributed by atoms with E-state index >= 15 is 0 Å². The summed E-state index contributed by atoms with van der Waals surface area (Å²) in [5.41, 5.74) is 2.42. The lowest BCUT2D eigenvalue weighted by molar-refractivity contribution is -0.131. The second-order valence-corrected chi connectivity index (χ2v) is 12.5. The maximum Gasteiger partial charge on any atom is 0.297 e. The number of carbonyl (C=O) groups is 1. The molecule has 6 atom stereocenters. The predicted octanol–water partition coefficient (Wildman–Crippen LogP) is 5.60. The van der Waals surface area contributed by atoms with Crippen molar-refractivity contribution in [1.82, 2.24) is 0 Å². The number of hydrogen-bond acceptors (Lipinski definition) is 4. The summed E-state index contributed by atoms with van der Waals surface area (Å²) in [6.45, 7) is 6.54. The van der Waals surface area contributed by atoms with Crippen molar-refractivity contribution in [3.05, 3.63) is 41.5 Å². The normalized spacial score (nSPS) is 40.0. The van der Waals surface area contributed by atoms with E-state index in [-0.39, 0.29) is 21.8 Å². The van der Waals surface area contributed by atoms with Crippen LogP contribution in [0, 0.1) is 35.5 Å². The van der Waals surface area contributed by atoms with E-state index in [2.05, 4.69) is 19.9 Å². The minimum atomic E-state index is -3.75. The number of carbonyl (C=O) groups excluding carboxylic acids is 1. The highest BCUT2D eigenvalue weighted by molar-refractivity contribution is 7.86. The van der Waals surface area contributed by atoms with Gasteiger partial charge in [0.1, 0.15) is 5.78 Å². The molecule has 4 aliphatic rings. The summed E-state index contributed by atoms with van der Waals surface area (Å²) in [6, 6.07) is 6.87. The van der Waals surface area contributed by atoms with Gasteiger partial charge in [0.15, 0.2) is 0 Å². The first kappa shape index (κ1) is 21.4. The van der Waals surface area contributed by atoms with Crippen LogP contribution in [0.2, 0.25) is 0 Å². The molecule has 0 spiro atoms. The lowest BCUT2D eigenvalue weighted by Gasteiger charge is -2.56. The van der Waals surface area contributed by atoms with Gasteiger partial charge in [-0.3, -0.25) is 8.98 Å². The molecule has 4 nitrogen and oxygen atoms in total. The number of allylic oxidation sites excluding steroid dienone is 1. The van der Waals surface area contributed by atoms with Gasteiger partial charge in [-0.15, -0.1) is 0 Å². The molecular formula is C26H34O4S. The fourth-order valence-corrected chi connectivity index (χ4v) is 8.52. The third kappa shape index (κ3) is 3.34. The van der Waals surface area contributed by atoms with Crippen molar-refractivity contribution in [3.63, 3.8) is 0 Å². The molecule has 31 heavy (non-hydrogen) atoms. The summed E-state index contributed by atoms with van der Waals surface area (Å²) in [4.78, 5) is 12.8. The van der Waals surface area contributed by atoms with E-state index in [1.807, 2.05) is 19.1 Å². The second kappa shape index (κ2) is 7.28. The van der Waals surface area contributed by atoms with Crippen LogP contribution in [0.15, 0.2) is 40.8 Å². The Labute approximate surface area is 186 Å². The van der Waals surface area contributed by atoms with Crippen molar-refractivity contribution in [2.45, 2.75) is 83.1 Å². The van der Waals surface area contributed by atoms with Gasteiger partial charge in [0.2, 0.25) is 0 Å². The Morgan fingerprint density at radius 1 is 0.968 bits per heavy atom. The Morgan fingerprint density at radius 2 is 1.65 bits per heavy atom. The van der Waals surface area contributed by atoms with Crippen LogP contribution in [0.5, 0.6) is 0 Å². The second-order valence-electron chi connectivity index (χ2n) is 10.9. The van der Waals surface area contributed by atoms with Crippen molar-refractivity contribution >= 4 is 15.9 Å². The molecule has 5 rings (SSSR count). The van der Waals surface area contributed by atoms with Gasteiger partial charge in [-0.1, -0.05) is 43.2 Å². The number of fused-ring (bicyclic) bond motifs is 5. The van der Waals surface area contributed by atoms with E-state index in [9.17, 15) is 13.2 Å². The minimum absolute atomic E-state index is 0.106. The summed E-state index contributed by atoms with van der Waals surface area (Å²) in [5, 5.41) is 0. The molecule has 1 aromatic carbocycles. The Kier molecular flexibility index (Phi) is 5.02. The largest absolute Gasteiger partial charge is 0.299 e. The van der Waals surface area contributed by atoms with Gasteiger partial charge >= 0.3 is 0 Å². The van der Waals surface area contributed by atoms with Crippen molar-refractivity contribution in [2.75, 3.05) is 0 Å². The lowest BCUT2D eigenvalue weighted by atomic mass is 9.48. The number of ketones is 1. The van der Waals surface area contributed by atoms with Crippen LogP contribution in [-0.4, -0.2) is 20.3 Å². The molecule has 168 valence electrons. The molecule has 0 N–H and O–H groups in total. The van der Waals surface area contributed by atoms with Crippen LogP contribution in [0.1, 0.15) is 70.8 Å². The molecule has 0 radical (unpaired) electrons. The quantitative estimate of drug-likeness (QED) is 0.451. The van der Waals surface area contributed by atoms with Crippen molar-refractivity contribution < 1.29 is 17.4 Å². The first-order valence-corrected chi connectivity index (χ1v) is 13.3. The molecule has 0 aliphatic heterocycles. The van der Waals surface area contributed by atoms with Gasteiger partial charge in [0.05, 0.1) is 11.0 Å². The first-order valence-electron chi connectivity index (χ1n) is 11.9. The summed E-state index contributed by atoms with van der Waals surface area (Å²) >= 11 is 0. The number of aryl methyl sites for hydroxylation is 1. The van der Waals surface area contributed by atoms with E-state index in [4.69, 9.17) is 4.18 Å². The number of hydrogen-bond donors (Lipinski definition) is 0. The minimum Gasteiger partial charge on any atom is -0.299 e. The average molecular weight is 443 g/mol. The topological polar surface area (TPSA) is 60.4 Å². The highest BCUT2D eigenvalue weighted by Crippen LogP contribution is 2.64. The third-order valence-electron chi connectivity index (χ3n) is 9.34. The van der Waals surface area contributed by atoms with Gasteiger partial charge in [-0.2, -0.15) is 8.42 Å². The van der Waals surface area contributed by atoms with Crippen molar-refractivity contribution in [1.29, 1.82) is 0 Å². The van der Waals surface area contributed by atoms with E-state index in [1.54, 1.807) is 12.1 Å². The molecule has 5 heteroatoms. The highest BCUT2D eigenvalue weighted by Gasteiger charge is 2.58. The zero-order valence-corrected chi connectivity index (χ0v) is 19.7. The lowest BCUT2D eigenvalue weighted by Crippen LogP contribution is -2.50. The molecule has 1 aromatic rings. The standard InChI is InChI=1S/C26H34O4S/c1-17-4-7-20(8-5-17)31(28,29)30-19-12-14-25(2)18(16-19)6-9-21-22-10-11-24(27)26(22,3)15-13-23(21)25/h4-8,19,21-23H,9-16H2,1-3H3. The molecule has 3 saturated carbocycles. The molecule has 0 aromatic heterocycles. The highest BCUT2D eigenvalue weighted by atomic mass is 32.2.